The van der Waals surface area contributed by atoms with Crippen LogP contribution in [-0.4, -0.2) is 19.7 Å². The Morgan fingerprint density at radius 2 is 2.13 bits per heavy atom. The fraction of sp³-hybridized carbons (Fsp3) is 0.500. The third-order valence-electron chi connectivity index (χ3n) is 2.70. The highest BCUT2D eigenvalue weighted by molar-refractivity contribution is 14.1. The molecular weight excluding hydrogens is 301 g/mol. The number of benzene rings is 1. The maximum absolute atomic E-state index is 5.70. The Labute approximate surface area is 105 Å². The van der Waals surface area contributed by atoms with Crippen LogP contribution in [-0.2, 0) is 11.3 Å². The fourth-order valence-corrected chi connectivity index (χ4v) is 2.14. The maximum Gasteiger partial charge on any atom is 0.0717 e. The van der Waals surface area contributed by atoms with E-state index in [0.29, 0.717) is 5.92 Å². The topological polar surface area (TPSA) is 21.3 Å². The molecule has 1 N–H and O–H groups in total. The Balaban J connectivity index is 1.71. The zero-order chi connectivity index (χ0) is 10.5. The van der Waals surface area contributed by atoms with E-state index in [0.717, 1.165) is 26.3 Å². The average Bonchev–Trinajstić information content (AvgIpc) is 2.74. The zero-order valence-electron chi connectivity index (χ0n) is 8.71. The van der Waals surface area contributed by atoms with E-state index in [9.17, 15) is 0 Å². The standard InChI is InChI=1S/C12H16INO/c13-12-3-1-10(2-4-12)8-15-9-11-5-6-14-7-11/h1-4,11,14H,5-9H2. The van der Waals surface area contributed by atoms with Gasteiger partial charge >= 0.3 is 0 Å². The minimum atomic E-state index is 0.717. The first-order chi connectivity index (χ1) is 7.34. The number of halogens is 1. The molecule has 1 atom stereocenters. The highest BCUT2D eigenvalue weighted by Crippen LogP contribution is 2.11. The highest BCUT2D eigenvalue weighted by Gasteiger charge is 2.13. The molecule has 3 heteroatoms. The summed E-state index contributed by atoms with van der Waals surface area (Å²) in [6.45, 7) is 3.90. The van der Waals surface area contributed by atoms with E-state index in [1.165, 1.54) is 15.6 Å². The van der Waals surface area contributed by atoms with Gasteiger partial charge in [-0.25, -0.2) is 0 Å². The molecule has 1 aromatic rings. The zero-order valence-corrected chi connectivity index (χ0v) is 10.9. The van der Waals surface area contributed by atoms with Crippen molar-refractivity contribution in [3.8, 4) is 0 Å². The first-order valence-corrected chi connectivity index (χ1v) is 6.45. The van der Waals surface area contributed by atoms with Crippen molar-refractivity contribution in [1.29, 1.82) is 0 Å². The minimum absolute atomic E-state index is 0.717. The van der Waals surface area contributed by atoms with Crippen LogP contribution in [0.2, 0.25) is 0 Å². The molecule has 1 aromatic carbocycles. The molecule has 0 aliphatic carbocycles. The lowest BCUT2D eigenvalue weighted by Gasteiger charge is -2.09. The molecule has 1 unspecified atom stereocenters. The summed E-state index contributed by atoms with van der Waals surface area (Å²) in [6.07, 6.45) is 1.26. The molecule has 2 rings (SSSR count). The van der Waals surface area contributed by atoms with E-state index in [-0.39, 0.29) is 0 Å². The van der Waals surface area contributed by atoms with Gasteiger partial charge in [0.15, 0.2) is 0 Å². The van der Waals surface area contributed by atoms with Crippen molar-refractivity contribution in [3.05, 3.63) is 33.4 Å². The van der Waals surface area contributed by atoms with Crippen LogP contribution in [0.4, 0.5) is 0 Å². The summed E-state index contributed by atoms with van der Waals surface area (Å²) >= 11 is 2.32. The largest absolute Gasteiger partial charge is 0.376 e. The van der Waals surface area contributed by atoms with Crippen molar-refractivity contribution in [2.24, 2.45) is 5.92 Å². The number of hydrogen-bond acceptors (Lipinski definition) is 2. The monoisotopic (exact) mass is 317 g/mol. The van der Waals surface area contributed by atoms with Crippen LogP contribution in [0.3, 0.4) is 0 Å². The summed E-state index contributed by atoms with van der Waals surface area (Å²) < 4.78 is 6.98. The Morgan fingerprint density at radius 1 is 1.33 bits per heavy atom. The Kier molecular flexibility index (Phi) is 4.41. The van der Waals surface area contributed by atoms with Crippen LogP contribution in [0.1, 0.15) is 12.0 Å². The van der Waals surface area contributed by atoms with Gasteiger partial charge in [-0.2, -0.15) is 0 Å². The molecule has 1 aliphatic rings. The van der Waals surface area contributed by atoms with Crippen LogP contribution < -0.4 is 5.32 Å². The SMILES string of the molecule is Ic1ccc(COCC2CCNC2)cc1. The Hall–Kier alpha value is -0.130. The van der Waals surface area contributed by atoms with E-state index in [4.69, 9.17) is 4.74 Å². The maximum atomic E-state index is 5.70. The van der Waals surface area contributed by atoms with Crippen LogP contribution in [0.5, 0.6) is 0 Å². The highest BCUT2D eigenvalue weighted by atomic mass is 127. The second-order valence-electron chi connectivity index (χ2n) is 4.00. The predicted octanol–water partition coefficient (Wildman–Crippen LogP) is 2.42. The summed E-state index contributed by atoms with van der Waals surface area (Å²) in [5, 5.41) is 3.35. The van der Waals surface area contributed by atoms with Gasteiger partial charge in [-0.05, 0) is 59.2 Å². The first-order valence-electron chi connectivity index (χ1n) is 5.37. The third kappa shape index (κ3) is 3.74. The lowest BCUT2D eigenvalue weighted by Crippen LogP contribution is -2.13. The van der Waals surface area contributed by atoms with E-state index < -0.39 is 0 Å². The van der Waals surface area contributed by atoms with E-state index in [2.05, 4.69) is 52.2 Å². The van der Waals surface area contributed by atoms with Crippen LogP contribution in [0.25, 0.3) is 0 Å². The molecule has 0 bridgehead atoms. The van der Waals surface area contributed by atoms with Crippen molar-refractivity contribution in [2.45, 2.75) is 13.0 Å². The number of ether oxygens (including phenoxy) is 1. The number of hydrogen-bond donors (Lipinski definition) is 1. The van der Waals surface area contributed by atoms with Gasteiger partial charge in [0.2, 0.25) is 0 Å². The third-order valence-corrected chi connectivity index (χ3v) is 3.42. The van der Waals surface area contributed by atoms with Crippen molar-refractivity contribution in [3.63, 3.8) is 0 Å². The molecule has 1 aliphatic heterocycles. The molecular formula is C12H16INO. The van der Waals surface area contributed by atoms with Crippen molar-refractivity contribution < 1.29 is 4.74 Å². The number of rotatable bonds is 4. The first kappa shape index (κ1) is 11.4. The lowest BCUT2D eigenvalue weighted by molar-refractivity contribution is 0.0925. The number of nitrogens with one attached hydrogen (secondary N) is 1. The van der Waals surface area contributed by atoms with Crippen LogP contribution in [0, 0.1) is 9.49 Å². The quantitative estimate of drug-likeness (QED) is 0.861. The van der Waals surface area contributed by atoms with Gasteiger partial charge < -0.3 is 10.1 Å². The molecule has 0 radical (unpaired) electrons. The molecule has 15 heavy (non-hydrogen) atoms. The van der Waals surface area contributed by atoms with Gasteiger partial charge in [-0.3, -0.25) is 0 Å². The Morgan fingerprint density at radius 3 is 2.80 bits per heavy atom. The van der Waals surface area contributed by atoms with Crippen LogP contribution >= 0.6 is 22.6 Å². The molecule has 82 valence electrons. The van der Waals surface area contributed by atoms with Gasteiger partial charge in [0.05, 0.1) is 13.2 Å². The molecule has 0 saturated carbocycles. The van der Waals surface area contributed by atoms with Crippen molar-refractivity contribution >= 4 is 22.6 Å². The van der Waals surface area contributed by atoms with Crippen molar-refractivity contribution in [2.75, 3.05) is 19.7 Å². The Bertz CT molecular complexity index is 293. The van der Waals surface area contributed by atoms with Gasteiger partial charge in [-0.1, -0.05) is 12.1 Å². The molecule has 1 saturated heterocycles. The summed E-state index contributed by atoms with van der Waals surface area (Å²) in [5.74, 6) is 0.717. The molecule has 0 spiro atoms. The molecule has 1 fully saturated rings. The summed E-state index contributed by atoms with van der Waals surface area (Å²) in [5.41, 5.74) is 1.27. The van der Waals surface area contributed by atoms with Gasteiger partial charge in [-0.15, -0.1) is 0 Å². The van der Waals surface area contributed by atoms with Crippen LogP contribution in [0.15, 0.2) is 24.3 Å². The van der Waals surface area contributed by atoms with E-state index >= 15 is 0 Å². The molecule has 0 amide bonds. The molecule has 2 nitrogen and oxygen atoms in total. The minimum Gasteiger partial charge on any atom is -0.376 e. The molecule has 1 heterocycles. The summed E-state index contributed by atoms with van der Waals surface area (Å²) in [6, 6.07) is 8.51. The van der Waals surface area contributed by atoms with E-state index in [1.54, 1.807) is 0 Å². The second-order valence-corrected chi connectivity index (χ2v) is 5.25. The second kappa shape index (κ2) is 5.82. The summed E-state index contributed by atoms with van der Waals surface area (Å²) in [7, 11) is 0. The lowest BCUT2D eigenvalue weighted by atomic mass is 10.1. The predicted molar refractivity (Wildman–Crippen MR) is 69.8 cm³/mol. The summed E-state index contributed by atoms with van der Waals surface area (Å²) in [4.78, 5) is 0. The van der Waals surface area contributed by atoms with Gasteiger partial charge in [0, 0.05) is 10.1 Å². The normalized spacial score (nSPS) is 20.7. The average molecular weight is 317 g/mol. The molecule has 0 aromatic heterocycles. The fourth-order valence-electron chi connectivity index (χ4n) is 1.78. The van der Waals surface area contributed by atoms with Crippen molar-refractivity contribution in [1.82, 2.24) is 5.32 Å². The smallest absolute Gasteiger partial charge is 0.0717 e. The van der Waals surface area contributed by atoms with Gasteiger partial charge in [0.1, 0.15) is 0 Å². The van der Waals surface area contributed by atoms with E-state index in [1.807, 2.05) is 0 Å². The van der Waals surface area contributed by atoms with Gasteiger partial charge in [0.25, 0.3) is 0 Å².